The first-order valence-corrected chi connectivity index (χ1v) is 5.55. The number of nitrogens with zero attached hydrogens (tertiary/aromatic N) is 2. The molecule has 14 heavy (non-hydrogen) atoms. The number of hydrogen-bond acceptors (Lipinski definition) is 5. The molecule has 0 saturated heterocycles. The Labute approximate surface area is 88.0 Å². The number of aromatic nitrogens is 3. The van der Waals surface area contributed by atoms with E-state index >= 15 is 0 Å². The first-order valence-electron chi connectivity index (χ1n) is 4.57. The number of hydrogen-bond donors (Lipinski definition) is 2. The highest BCUT2D eigenvalue weighted by Gasteiger charge is 2.08. The maximum atomic E-state index is 5.10. The number of aromatic amines is 1. The molecular weight excluding hydrogens is 200 g/mol. The van der Waals surface area contributed by atoms with Crippen molar-refractivity contribution in [3.8, 4) is 0 Å². The van der Waals surface area contributed by atoms with Gasteiger partial charge < -0.3 is 10.1 Å². The van der Waals surface area contributed by atoms with E-state index in [1.54, 1.807) is 18.9 Å². The average molecular weight is 216 g/mol. The Morgan fingerprint density at radius 2 is 2.57 bits per heavy atom. The molecule has 5 nitrogen and oxygen atoms in total. The third-order valence-electron chi connectivity index (χ3n) is 1.67. The molecule has 0 radical (unpaired) electrons. The van der Waals surface area contributed by atoms with Crippen molar-refractivity contribution in [2.45, 2.75) is 18.1 Å². The highest BCUT2D eigenvalue weighted by Crippen LogP contribution is 2.11. The standard InChI is InChI=1S/C8H16N4OS/c1-3-9-7(4-13-2)5-14-8-10-6-11-12-8/h6-7,9H,3-5H2,1-2H3,(H,10,11,12). The lowest BCUT2D eigenvalue weighted by molar-refractivity contribution is 0.174. The number of ether oxygens (including phenoxy) is 1. The van der Waals surface area contributed by atoms with Gasteiger partial charge in [0, 0.05) is 18.9 Å². The maximum Gasteiger partial charge on any atom is 0.183 e. The van der Waals surface area contributed by atoms with E-state index in [-0.39, 0.29) is 0 Å². The van der Waals surface area contributed by atoms with Crippen molar-refractivity contribution in [1.82, 2.24) is 20.5 Å². The van der Waals surface area contributed by atoms with E-state index in [4.69, 9.17) is 4.74 Å². The fraction of sp³-hybridized carbons (Fsp3) is 0.750. The first-order chi connectivity index (χ1) is 6.86. The highest BCUT2D eigenvalue weighted by atomic mass is 32.2. The number of methoxy groups -OCH3 is 1. The number of likely N-dealkylation sites (N-methyl/N-ethyl adjacent to an activating group) is 1. The molecule has 0 aliphatic heterocycles. The molecule has 0 aliphatic rings. The molecule has 0 spiro atoms. The summed E-state index contributed by atoms with van der Waals surface area (Å²) in [6, 6.07) is 0.361. The summed E-state index contributed by atoms with van der Waals surface area (Å²) in [6.07, 6.45) is 1.51. The number of rotatable bonds is 7. The van der Waals surface area contributed by atoms with Crippen molar-refractivity contribution in [2.75, 3.05) is 26.0 Å². The second-order valence-electron chi connectivity index (χ2n) is 2.81. The molecule has 0 saturated carbocycles. The summed E-state index contributed by atoms with van der Waals surface area (Å²) in [5.74, 6) is 0.927. The second kappa shape index (κ2) is 6.80. The number of nitrogens with one attached hydrogen (secondary N) is 2. The topological polar surface area (TPSA) is 62.8 Å². The van der Waals surface area contributed by atoms with Crippen LogP contribution in [0.3, 0.4) is 0 Å². The largest absolute Gasteiger partial charge is 0.383 e. The van der Waals surface area contributed by atoms with E-state index in [0.29, 0.717) is 6.04 Å². The van der Waals surface area contributed by atoms with Crippen LogP contribution in [0.4, 0.5) is 0 Å². The van der Waals surface area contributed by atoms with Crippen molar-refractivity contribution in [3.63, 3.8) is 0 Å². The van der Waals surface area contributed by atoms with Gasteiger partial charge in [0.05, 0.1) is 6.61 Å². The van der Waals surface area contributed by atoms with Crippen molar-refractivity contribution in [3.05, 3.63) is 6.33 Å². The predicted octanol–water partition coefficient (Wildman–Crippen LogP) is 0.521. The van der Waals surface area contributed by atoms with Gasteiger partial charge in [-0.3, -0.25) is 5.10 Å². The highest BCUT2D eigenvalue weighted by molar-refractivity contribution is 7.99. The van der Waals surface area contributed by atoms with Crippen molar-refractivity contribution in [1.29, 1.82) is 0 Å². The van der Waals surface area contributed by atoms with Crippen LogP contribution in [0, 0.1) is 0 Å². The zero-order valence-corrected chi connectivity index (χ0v) is 9.30. The summed E-state index contributed by atoms with van der Waals surface area (Å²) in [5, 5.41) is 10.8. The van der Waals surface area contributed by atoms with Crippen LogP contribution in [0.5, 0.6) is 0 Å². The van der Waals surface area contributed by atoms with Gasteiger partial charge in [-0.05, 0) is 6.54 Å². The maximum absolute atomic E-state index is 5.10. The Hall–Kier alpha value is -0.590. The van der Waals surface area contributed by atoms with E-state index in [1.165, 1.54) is 6.33 Å². The van der Waals surface area contributed by atoms with Gasteiger partial charge in [-0.2, -0.15) is 5.10 Å². The Balaban J connectivity index is 2.25. The minimum Gasteiger partial charge on any atom is -0.383 e. The molecule has 0 amide bonds. The van der Waals surface area contributed by atoms with E-state index in [2.05, 4.69) is 27.4 Å². The molecule has 2 N–H and O–H groups in total. The molecule has 6 heteroatoms. The Morgan fingerprint density at radius 1 is 1.71 bits per heavy atom. The normalized spacial score (nSPS) is 13.0. The molecule has 0 aromatic carbocycles. The Kier molecular flexibility index (Phi) is 5.58. The van der Waals surface area contributed by atoms with Gasteiger partial charge in [-0.25, -0.2) is 4.98 Å². The van der Waals surface area contributed by atoms with Crippen LogP contribution >= 0.6 is 11.8 Å². The SMILES string of the molecule is CCNC(COC)CSc1ncn[nH]1. The molecule has 0 bridgehead atoms. The molecule has 1 aromatic rings. The van der Waals surface area contributed by atoms with Gasteiger partial charge in [0.2, 0.25) is 0 Å². The lowest BCUT2D eigenvalue weighted by atomic mass is 10.3. The molecular formula is C8H16N4OS. The second-order valence-corrected chi connectivity index (χ2v) is 3.82. The zero-order valence-electron chi connectivity index (χ0n) is 8.49. The average Bonchev–Trinajstić information content (AvgIpc) is 2.67. The molecule has 1 aromatic heterocycles. The van der Waals surface area contributed by atoms with Crippen LogP contribution in [0.25, 0.3) is 0 Å². The third kappa shape index (κ3) is 4.08. The fourth-order valence-corrected chi connectivity index (χ4v) is 1.91. The summed E-state index contributed by atoms with van der Waals surface area (Å²) < 4.78 is 5.10. The summed E-state index contributed by atoms with van der Waals surface area (Å²) in [4.78, 5) is 4.04. The van der Waals surface area contributed by atoms with Crippen LogP contribution < -0.4 is 5.32 Å². The van der Waals surface area contributed by atoms with Gasteiger partial charge in [0.1, 0.15) is 6.33 Å². The number of thioether (sulfide) groups is 1. The summed E-state index contributed by atoms with van der Waals surface area (Å²) >= 11 is 1.64. The van der Waals surface area contributed by atoms with Crippen LogP contribution in [0.15, 0.2) is 11.5 Å². The van der Waals surface area contributed by atoms with E-state index in [0.717, 1.165) is 24.1 Å². The van der Waals surface area contributed by atoms with Gasteiger partial charge >= 0.3 is 0 Å². The molecule has 1 unspecified atom stereocenters. The van der Waals surface area contributed by atoms with Crippen molar-refractivity contribution >= 4 is 11.8 Å². The monoisotopic (exact) mass is 216 g/mol. The number of H-pyrrole nitrogens is 1. The minimum absolute atomic E-state index is 0.361. The lowest BCUT2D eigenvalue weighted by Crippen LogP contribution is -2.35. The predicted molar refractivity (Wildman–Crippen MR) is 56.4 cm³/mol. The molecule has 1 atom stereocenters. The van der Waals surface area contributed by atoms with Crippen LogP contribution in [-0.4, -0.2) is 47.2 Å². The molecule has 0 aliphatic carbocycles. The minimum atomic E-state index is 0.361. The van der Waals surface area contributed by atoms with Crippen LogP contribution in [-0.2, 0) is 4.74 Å². The third-order valence-corrected chi connectivity index (χ3v) is 2.71. The van der Waals surface area contributed by atoms with Gasteiger partial charge in [-0.1, -0.05) is 18.7 Å². The van der Waals surface area contributed by atoms with Crippen LogP contribution in [0.1, 0.15) is 6.92 Å². The quantitative estimate of drug-likeness (QED) is 0.651. The van der Waals surface area contributed by atoms with E-state index in [1.807, 2.05) is 0 Å². The summed E-state index contributed by atoms with van der Waals surface area (Å²) in [5.41, 5.74) is 0. The van der Waals surface area contributed by atoms with Crippen molar-refractivity contribution in [2.24, 2.45) is 0 Å². The summed E-state index contributed by atoms with van der Waals surface area (Å²) in [6.45, 7) is 3.75. The zero-order chi connectivity index (χ0) is 10.2. The van der Waals surface area contributed by atoms with Gasteiger partial charge in [0.25, 0.3) is 0 Å². The molecule has 1 rings (SSSR count). The Bertz CT molecular complexity index is 223. The van der Waals surface area contributed by atoms with E-state index < -0.39 is 0 Å². The summed E-state index contributed by atoms with van der Waals surface area (Å²) in [7, 11) is 1.71. The fourth-order valence-electron chi connectivity index (χ4n) is 1.10. The molecule has 0 fully saturated rings. The van der Waals surface area contributed by atoms with Crippen LogP contribution in [0.2, 0.25) is 0 Å². The smallest absolute Gasteiger partial charge is 0.183 e. The molecule has 1 heterocycles. The van der Waals surface area contributed by atoms with E-state index in [9.17, 15) is 0 Å². The van der Waals surface area contributed by atoms with Gasteiger partial charge in [-0.15, -0.1) is 0 Å². The van der Waals surface area contributed by atoms with Gasteiger partial charge in [0.15, 0.2) is 5.16 Å². The van der Waals surface area contributed by atoms with Crippen molar-refractivity contribution < 1.29 is 4.74 Å². The Morgan fingerprint density at radius 3 is 3.14 bits per heavy atom. The first kappa shape index (κ1) is 11.5. The molecule has 80 valence electrons. The lowest BCUT2D eigenvalue weighted by Gasteiger charge is -2.15.